The first-order chi connectivity index (χ1) is 9.60. The van der Waals surface area contributed by atoms with E-state index in [0.29, 0.717) is 31.1 Å². The van der Waals surface area contributed by atoms with Crippen molar-refractivity contribution in [2.45, 2.75) is 19.1 Å². The Balaban J connectivity index is 1.94. The van der Waals surface area contributed by atoms with Crippen molar-refractivity contribution in [1.29, 1.82) is 5.26 Å². The quantitative estimate of drug-likeness (QED) is 0.796. The lowest BCUT2D eigenvalue weighted by atomic mass is 10.2. The number of rotatable bonds is 3. The van der Waals surface area contributed by atoms with Crippen LogP contribution in [0.4, 0.5) is 11.4 Å². The van der Waals surface area contributed by atoms with Crippen LogP contribution in [0.5, 0.6) is 0 Å². The van der Waals surface area contributed by atoms with Gasteiger partial charge >= 0.3 is 0 Å². The molecule has 1 aromatic carbocycles. The molecule has 3 N–H and O–H groups in total. The third-order valence-corrected chi connectivity index (χ3v) is 3.35. The molecule has 1 aliphatic heterocycles. The molecular weight excluding hydrogens is 256 g/mol. The molecule has 0 aliphatic carbocycles. The van der Waals surface area contributed by atoms with Gasteiger partial charge < -0.3 is 15.8 Å². The van der Waals surface area contributed by atoms with Gasteiger partial charge in [-0.3, -0.25) is 9.69 Å². The number of ether oxygens (including phenoxy) is 1. The second kappa shape index (κ2) is 6.37. The van der Waals surface area contributed by atoms with E-state index >= 15 is 0 Å². The van der Waals surface area contributed by atoms with E-state index in [9.17, 15) is 4.79 Å². The second-order valence-electron chi connectivity index (χ2n) is 4.77. The smallest absolute Gasteiger partial charge is 0.241 e. The lowest BCUT2D eigenvalue weighted by Gasteiger charge is -2.33. The van der Waals surface area contributed by atoms with Crippen molar-refractivity contribution in [1.82, 2.24) is 4.90 Å². The molecule has 0 saturated carbocycles. The Hall–Kier alpha value is -2.10. The molecular formula is C14H18N4O2. The van der Waals surface area contributed by atoms with Gasteiger partial charge in [-0.25, -0.2) is 0 Å². The van der Waals surface area contributed by atoms with Crippen molar-refractivity contribution in [3.05, 3.63) is 24.3 Å². The van der Waals surface area contributed by atoms with Gasteiger partial charge in [-0.15, -0.1) is 0 Å². The molecule has 6 nitrogen and oxygen atoms in total. The topological polar surface area (TPSA) is 91.4 Å². The van der Waals surface area contributed by atoms with Gasteiger partial charge in [-0.1, -0.05) is 0 Å². The highest BCUT2D eigenvalue weighted by Gasteiger charge is 2.27. The average molecular weight is 274 g/mol. The number of hydrogen-bond donors (Lipinski definition) is 2. The van der Waals surface area contributed by atoms with Crippen LogP contribution >= 0.6 is 0 Å². The summed E-state index contributed by atoms with van der Waals surface area (Å²) >= 11 is 0. The number of hydrogen-bond acceptors (Lipinski definition) is 5. The van der Waals surface area contributed by atoms with Crippen LogP contribution in [0.1, 0.15) is 6.92 Å². The molecule has 1 aliphatic rings. The van der Waals surface area contributed by atoms with Crippen molar-refractivity contribution in [2.75, 3.05) is 30.7 Å². The van der Waals surface area contributed by atoms with Crippen LogP contribution in [0.2, 0.25) is 0 Å². The Kier molecular flexibility index (Phi) is 4.56. The second-order valence-corrected chi connectivity index (χ2v) is 4.77. The van der Waals surface area contributed by atoms with E-state index in [1.807, 2.05) is 11.8 Å². The van der Waals surface area contributed by atoms with E-state index in [1.165, 1.54) is 0 Å². The SMILES string of the molecule is CC(C(=O)Nc1ccc(N)cc1)N1CCOC(C#N)C1. The summed E-state index contributed by atoms with van der Waals surface area (Å²) in [6.07, 6.45) is -0.462. The predicted molar refractivity (Wildman–Crippen MR) is 75.9 cm³/mol. The van der Waals surface area contributed by atoms with Crippen LogP contribution < -0.4 is 11.1 Å². The fourth-order valence-electron chi connectivity index (χ4n) is 2.08. The van der Waals surface area contributed by atoms with E-state index < -0.39 is 6.10 Å². The largest absolute Gasteiger partial charge is 0.399 e. The average Bonchev–Trinajstić information content (AvgIpc) is 2.48. The zero-order valence-corrected chi connectivity index (χ0v) is 11.4. The molecule has 1 amide bonds. The van der Waals surface area contributed by atoms with E-state index in [2.05, 4.69) is 11.4 Å². The minimum absolute atomic E-state index is 0.103. The van der Waals surface area contributed by atoms with Crippen LogP contribution in [0.15, 0.2) is 24.3 Å². The number of carbonyl (C=O) groups excluding carboxylic acids is 1. The van der Waals surface area contributed by atoms with Gasteiger partial charge in [0.25, 0.3) is 0 Å². The highest BCUT2D eigenvalue weighted by molar-refractivity contribution is 5.94. The minimum Gasteiger partial charge on any atom is -0.399 e. The highest BCUT2D eigenvalue weighted by atomic mass is 16.5. The normalized spacial score (nSPS) is 20.9. The summed E-state index contributed by atoms with van der Waals surface area (Å²) in [5, 5.41) is 11.7. The Morgan fingerprint density at radius 1 is 1.55 bits per heavy atom. The number of anilines is 2. The minimum atomic E-state index is -0.462. The van der Waals surface area contributed by atoms with Crippen molar-refractivity contribution in [2.24, 2.45) is 0 Å². The number of carbonyl (C=O) groups is 1. The predicted octanol–water partition coefficient (Wildman–Crippen LogP) is 0.820. The molecule has 1 saturated heterocycles. The molecule has 1 heterocycles. The first kappa shape index (κ1) is 14.3. The zero-order chi connectivity index (χ0) is 14.5. The van der Waals surface area contributed by atoms with Crippen molar-refractivity contribution >= 4 is 17.3 Å². The molecule has 0 bridgehead atoms. The molecule has 0 aromatic heterocycles. The molecule has 1 aromatic rings. The Morgan fingerprint density at radius 3 is 2.90 bits per heavy atom. The third kappa shape index (κ3) is 3.47. The molecule has 0 spiro atoms. The van der Waals surface area contributed by atoms with E-state index in [1.54, 1.807) is 24.3 Å². The molecule has 2 atom stereocenters. The molecule has 0 radical (unpaired) electrons. The van der Waals surface area contributed by atoms with Crippen LogP contribution in [0, 0.1) is 11.3 Å². The van der Waals surface area contributed by atoms with Crippen molar-refractivity contribution < 1.29 is 9.53 Å². The summed E-state index contributed by atoms with van der Waals surface area (Å²) in [7, 11) is 0. The number of nitrogens with two attached hydrogens (primary N) is 1. The lowest BCUT2D eigenvalue weighted by Crippen LogP contribution is -2.50. The van der Waals surface area contributed by atoms with E-state index in [4.69, 9.17) is 15.7 Å². The molecule has 1 fully saturated rings. The van der Waals surface area contributed by atoms with Crippen molar-refractivity contribution in [3.63, 3.8) is 0 Å². The van der Waals surface area contributed by atoms with Gasteiger partial charge in [0.15, 0.2) is 6.10 Å². The fourth-order valence-corrected chi connectivity index (χ4v) is 2.08. The Labute approximate surface area is 118 Å². The first-order valence-electron chi connectivity index (χ1n) is 6.52. The number of benzene rings is 1. The van der Waals surface area contributed by atoms with Gasteiger partial charge in [0, 0.05) is 24.5 Å². The Bertz CT molecular complexity index is 509. The summed E-state index contributed by atoms with van der Waals surface area (Å²) in [6, 6.07) is 8.76. The third-order valence-electron chi connectivity index (χ3n) is 3.35. The zero-order valence-electron chi connectivity index (χ0n) is 11.4. The van der Waals surface area contributed by atoms with E-state index in [0.717, 1.165) is 0 Å². The highest BCUT2D eigenvalue weighted by Crippen LogP contribution is 2.13. The van der Waals surface area contributed by atoms with Gasteiger partial charge in [0.2, 0.25) is 5.91 Å². The maximum atomic E-state index is 12.2. The van der Waals surface area contributed by atoms with Gasteiger partial charge in [0.1, 0.15) is 0 Å². The molecule has 20 heavy (non-hydrogen) atoms. The van der Waals surface area contributed by atoms with Crippen LogP contribution in [-0.4, -0.2) is 42.6 Å². The molecule has 2 unspecified atom stereocenters. The summed E-state index contributed by atoms with van der Waals surface area (Å²) in [5.41, 5.74) is 6.96. The summed E-state index contributed by atoms with van der Waals surface area (Å²) in [4.78, 5) is 14.1. The lowest BCUT2D eigenvalue weighted by molar-refractivity contribution is -0.123. The standard InChI is InChI=1S/C14H18N4O2/c1-10(18-6-7-20-13(8-15)9-18)14(19)17-12-4-2-11(16)3-5-12/h2-5,10,13H,6-7,9,16H2,1H3,(H,17,19). The van der Waals surface area contributed by atoms with Gasteiger partial charge in [0.05, 0.1) is 18.7 Å². The van der Waals surface area contributed by atoms with E-state index in [-0.39, 0.29) is 11.9 Å². The maximum Gasteiger partial charge on any atom is 0.241 e. The Morgan fingerprint density at radius 2 is 2.25 bits per heavy atom. The van der Waals surface area contributed by atoms with Gasteiger partial charge in [-0.05, 0) is 31.2 Å². The number of morpholine rings is 1. The van der Waals surface area contributed by atoms with Crippen molar-refractivity contribution in [3.8, 4) is 6.07 Å². The molecule has 106 valence electrons. The molecule has 6 heteroatoms. The summed E-state index contributed by atoms with van der Waals surface area (Å²) < 4.78 is 5.27. The maximum absolute atomic E-state index is 12.2. The number of nitrogen functional groups attached to an aromatic ring is 1. The number of nitrogens with zero attached hydrogens (tertiary/aromatic N) is 2. The van der Waals surface area contributed by atoms with Crippen LogP contribution in [-0.2, 0) is 9.53 Å². The fraction of sp³-hybridized carbons (Fsp3) is 0.429. The summed E-state index contributed by atoms with van der Waals surface area (Å²) in [6.45, 7) is 3.39. The monoisotopic (exact) mass is 274 g/mol. The number of nitriles is 1. The first-order valence-corrected chi connectivity index (χ1v) is 6.52. The summed E-state index contributed by atoms with van der Waals surface area (Å²) in [5.74, 6) is -0.103. The number of amides is 1. The van der Waals surface area contributed by atoms with Gasteiger partial charge in [-0.2, -0.15) is 5.26 Å². The molecule has 2 rings (SSSR count). The van der Waals surface area contributed by atoms with Crippen LogP contribution in [0.25, 0.3) is 0 Å². The number of nitrogens with one attached hydrogen (secondary N) is 1. The van der Waals surface area contributed by atoms with Crippen LogP contribution in [0.3, 0.4) is 0 Å².